The highest BCUT2D eigenvalue weighted by Gasteiger charge is 1.96. The maximum atomic E-state index is 2.12. The van der Waals surface area contributed by atoms with Crippen LogP contribution in [0.4, 0.5) is 0 Å². The van der Waals surface area contributed by atoms with Gasteiger partial charge in [-0.15, -0.1) is 0 Å². The van der Waals surface area contributed by atoms with Crippen molar-refractivity contribution in [2.75, 3.05) is 0 Å². The van der Waals surface area contributed by atoms with E-state index in [-0.39, 0.29) is 0 Å². The summed E-state index contributed by atoms with van der Waals surface area (Å²) in [6, 6.07) is 12.0. The number of benzene rings is 1. The molecule has 0 atom stereocenters. The van der Waals surface area contributed by atoms with Gasteiger partial charge in [-0.3, -0.25) is 0 Å². The Kier molecular flexibility index (Phi) is 25.9. The van der Waals surface area contributed by atoms with Gasteiger partial charge in [-0.05, 0) is 12.8 Å². The summed E-state index contributed by atoms with van der Waals surface area (Å²) in [5, 5.41) is 0. The van der Waals surface area contributed by atoms with Crippen LogP contribution in [0.25, 0.3) is 0 Å². The highest BCUT2D eigenvalue weighted by atomic mass is 14.0. The number of hydrogen-bond acceptors (Lipinski definition) is 0. The van der Waals surface area contributed by atoms with E-state index in [0.717, 1.165) is 6.42 Å². The summed E-state index contributed by atoms with van der Waals surface area (Å²) >= 11 is 0. The first-order chi connectivity index (χ1) is 18.0. The largest absolute Gasteiger partial charge is 0.0844 e. The molecule has 8 rings (SSSR count). The van der Waals surface area contributed by atoms with E-state index in [1.54, 1.807) is 0 Å². The van der Waals surface area contributed by atoms with Gasteiger partial charge < -0.3 is 0 Å². The summed E-state index contributed by atoms with van der Waals surface area (Å²) in [7, 11) is 0. The molecular weight excluding hydrogens is 432 g/mol. The smallest absolute Gasteiger partial charge is 0.0163 e. The summed E-state index contributed by atoms with van der Waals surface area (Å²) in [5.74, 6) is 0. The predicted molar refractivity (Wildman–Crippen MR) is 164 cm³/mol. The fraction of sp³-hybridized carbons (Fsp3) is 0.556. The van der Waals surface area contributed by atoms with Gasteiger partial charge in [-0.2, -0.15) is 0 Å². The predicted octanol–water partition coefficient (Wildman–Crippen LogP) is 12.3. The second-order valence-electron chi connectivity index (χ2n) is 10.1. The van der Waals surface area contributed by atoms with Gasteiger partial charge in [0.15, 0.2) is 0 Å². The van der Waals surface area contributed by atoms with Gasteiger partial charge >= 0.3 is 0 Å². The number of allylic oxidation sites excluding steroid dienone is 10. The van der Waals surface area contributed by atoms with Gasteiger partial charge in [0.1, 0.15) is 0 Å². The highest BCUT2D eigenvalue weighted by Crippen LogP contribution is 2.16. The summed E-state index contributed by atoms with van der Waals surface area (Å²) in [5.41, 5.74) is 0. The highest BCUT2D eigenvalue weighted by molar-refractivity contribution is 5.22. The molecule has 0 N–H and O–H groups in total. The molecule has 1 aromatic carbocycles. The molecule has 0 heteroatoms. The Hall–Kier alpha value is -2.08. The molecule has 0 unspecified atom stereocenters. The maximum absolute atomic E-state index is 2.12. The monoisotopic (exact) mass is 488 g/mol. The van der Waals surface area contributed by atoms with E-state index in [9.17, 15) is 0 Å². The Balaban J connectivity index is 0.000000208. The van der Waals surface area contributed by atoms with Crippen molar-refractivity contribution in [1.29, 1.82) is 0 Å². The van der Waals surface area contributed by atoms with Gasteiger partial charge in [0.25, 0.3) is 0 Å². The zero-order valence-electron chi connectivity index (χ0n) is 23.4. The van der Waals surface area contributed by atoms with Gasteiger partial charge in [0, 0.05) is 0 Å². The lowest BCUT2D eigenvalue weighted by Gasteiger charge is -2.05. The van der Waals surface area contributed by atoms with Crippen molar-refractivity contribution in [3.8, 4) is 0 Å². The molecule has 0 aromatic heterocycles. The van der Waals surface area contributed by atoms with E-state index in [1.807, 2.05) is 60.7 Å². The minimum Gasteiger partial charge on any atom is -0.0844 e. The molecule has 0 aliphatic heterocycles. The third kappa shape index (κ3) is 34.1. The van der Waals surface area contributed by atoms with Gasteiger partial charge in [-0.25, -0.2) is 0 Å². The Morgan fingerprint density at radius 3 is 0.444 bits per heavy atom. The van der Waals surface area contributed by atoms with Crippen LogP contribution in [-0.2, 0) is 0 Å². The Labute approximate surface area is 225 Å². The number of hydrogen-bond donors (Lipinski definition) is 0. The topological polar surface area (TPSA) is 0 Å². The molecule has 1 aromatic rings. The molecule has 0 saturated heterocycles. The average molecular weight is 489 g/mol. The molecule has 4 saturated carbocycles. The van der Waals surface area contributed by atoms with Crippen molar-refractivity contribution in [1.82, 2.24) is 0 Å². The molecule has 0 nitrogen and oxygen atoms in total. The molecule has 200 valence electrons. The van der Waals surface area contributed by atoms with E-state index in [2.05, 4.69) is 36.5 Å². The Morgan fingerprint density at radius 2 is 0.361 bits per heavy atom. The van der Waals surface area contributed by atoms with Crippen LogP contribution < -0.4 is 0 Å². The molecule has 0 radical (unpaired) electrons. The molecular formula is C36H56. The first kappa shape index (κ1) is 31.9. The van der Waals surface area contributed by atoms with Gasteiger partial charge in [0.2, 0.25) is 0 Å². The molecule has 4 fully saturated rings. The van der Waals surface area contributed by atoms with E-state index < -0.39 is 0 Å². The standard InChI is InChI=1S/C6H12.C6H6.C5H10.C5H6.C4H8.C4H4.C3H6.C3H4/c2*1-2-4-6-5-3-1;2*1-2-4-5-3-1;2*1-2-4-3-1;2*1-2-3-1/h1-6H2;1-6H;1-5H2;1-4H,5H2;1-4H2;1-4H;1-3H2;1-2H,3H2. The first-order valence-corrected chi connectivity index (χ1v) is 15.3. The normalized spacial score (nSPS) is 19.1. The van der Waals surface area contributed by atoms with Crippen molar-refractivity contribution < 1.29 is 0 Å². The van der Waals surface area contributed by atoms with Crippen LogP contribution in [0.2, 0.25) is 0 Å². The fourth-order valence-corrected chi connectivity index (χ4v) is 3.08. The average Bonchev–Trinajstić information content (AvgIpc) is 3.83. The zero-order chi connectivity index (χ0) is 25.5. The molecule has 36 heavy (non-hydrogen) atoms. The third-order valence-corrected chi connectivity index (χ3v) is 6.11. The fourth-order valence-electron chi connectivity index (χ4n) is 3.08. The molecule has 7 aliphatic rings. The molecule has 0 bridgehead atoms. The van der Waals surface area contributed by atoms with Crippen LogP contribution in [0.1, 0.15) is 128 Å². The molecule has 0 amide bonds. The van der Waals surface area contributed by atoms with Gasteiger partial charge in [-0.1, -0.05) is 213 Å². The van der Waals surface area contributed by atoms with Crippen LogP contribution >= 0.6 is 0 Å². The zero-order valence-corrected chi connectivity index (χ0v) is 23.4. The third-order valence-electron chi connectivity index (χ3n) is 6.11. The van der Waals surface area contributed by atoms with Crippen LogP contribution in [0, 0.1) is 0 Å². The lowest BCUT2D eigenvalue weighted by Crippen LogP contribution is -1.85. The minimum atomic E-state index is 1.14. The maximum Gasteiger partial charge on any atom is -0.0163 e. The van der Waals surface area contributed by atoms with Crippen molar-refractivity contribution in [3.05, 3.63) is 97.2 Å². The van der Waals surface area contributed by atoms with Crippen LogP contribution in [-0.4, -0.2) is 0 Å². The van der Waals surface area contributed by atoms with Crippen LogP contribution in [0.15, 0.2) is 97.2 Å². The van der Waals surface area contributed by atoms with Crippen molar-refractivity contribution in [2.45, 2.75) is 128 Å². The quantitative estimate of drug-likeness (QED) is 0.318. The Morgan fingerprint density at radius 1 is 0.194 bits per heavy atom. The molecule has 0 spiro atoms. The van der Waals surface area contributed by atoms with Gasteiger partial charge in [0.05, 0.1) is 0 Å². The second kappa shape index (κ2) is 29.2. The van der Waals surface area contributed by atoms with E-state index >= 15 is 0 Å². The summed E-state index contributed by atoms with van der Waals surface area (Å²) in [6.07, 6.45) is 50.0. The van der Waals surface area contributed by atoms with Crippen molar-refractivity contribution >= 4 is 0 Å². The van der Waals surface area contributed by atoms with Crippen LogP contribution in [0.3, 0.4) is 0 Å². The molecule has 0 heterocycles. The van der Waals surface area contributed by atoms with Crippen molar-refractivity contribution in [3.63, 3.8) is 0 Å². The van der Waals surface area contributed by atoms with Crippen LogP contribution in [0.5, 0.6) is 0 Å². The summed E-state index contributed by atoms with van der Waals surface area (Å²) in [6.45, 7) is 0. The summed E-state index contributed by atoms with van der Waals surface area (Å²) in [4.78, 5) is 0. The summed E-state index contributed by atoms with van der Waals surface area (Å²) < 4.78 is 0. The molecule has 7 aliphatic carbocycles. The van der Waals surface area contributed by atoms with E-state index in [0.29, 0.717) is 0 Å². The van der Waals surface area contributed by atoms with E-state index in [4.69, 9.17) is 0 Å². The lowest BCUT2D eigenvalue weighted by atomic mass is 10.0. The van der Waals surface area contributed by atoms with E-state index in [1.165, 1.54) is 122 Å². The second-order valence-corrected chi connectivity index (χ2v) is 10.1. The lowest BCUT2D eigenvalue weighted by molar-refractivity contribution is 0.504. The Bertz CT molecular complexity index is 575. The minimum absolute atomic E-state index is 1.14. The first-order valence-electron chi connectivity index (χ1n) is 15.3. The number of rotatable bonds is 0. The SMILES string of the molecule is C1=CC1.C1=CC=C1.C1=CCC=C1.C1CC1.C1CCC1.C1CCCC1.C1CCCCC1.c1ccccc1. The van der Waals surface area contributed by atoms with Crippen molar-refractivity contribution in [2.24, 2.45) is 0 Å².